The molecule has 5 aromatic rings. The molecule has 0 aromatic heterocycles. The topological polar surface area (TPSA) is 563 Å². The van der Waals surface area contributed by atoms with Crippen molar-refractivity contribution in [2.45, 2.75) is 31.4 Å². The monoisotopic (exact) mass is 1410 g/mol. The van der Waals surface area contributed by atoms with Crippen molar-refractivity contribution < 1.29 is 312 Å². The van der Waals surface area contributed by atoms with Gasteiger partial charge in [-0.15, -0.1) is 5.11 Å². The Morgan fingerprint density at radius 3 is 1.24 bits per heavy atom. The molecule has 0 heterocycles. The second-order valence-corrected chi connectivity index (χ2v) is 25.7. The maximum absolute atomic E-state index is 13.9. The van der Waals surface area contributed by atoms with Gasteiger partial charge in [-0.05, 0) is 101 Å². The zero-order chi connectivity index (χ0) is 60.3. The van der Waals surface area contributed by atoms with E-state index in [-0.39, 0.29) is 213 Å². The van der Waals surface area contributed by atoms with Crippen LogP contribution in [0.4, 0.5) is 34.1 Å². The summed E-state index contributed by atoms with van der Waals surface area (Å²) in [6, 6.07) is 9.61. The number of hydrogen-bond acceptors (Lipinski definition) is 31. The van der Waals surface area contributed by atoms with Crippen LogP contribution in [0.5, 0.6) is 0 Å². The fourth-order valence-corrected chi connectivity index (χ4v) is 11.7. The van der Waals surface area contributed by atoms with E-state index in [1.807, 2.05) is 0 Å². The van der Waals surface area contributed by atoms with Gasteiger partial charge in [0.25, 0.3) is 0 Å². The standard InChI is InChI=1S/C42H32N8O24S7.7Na/c1-19(51)44-29-18-28(76(57,58)59)12-22-13-33(80(69,70)71)39(41(52)35(22)29)49-46-25-6-4-20(30(16-25)77(60,61)62)2-3-21-5-7-26(17-31(21)78(63,64)65)47-50-40-34(81(72,73)74)15-23-14-32(79(66,67)68)38(37(43)36(23)42(40)53)48-45-24-8-10-27(11-9-24)75(54,55)56;;;;;;;/h2-18,46-47H,43H2,1H3,(H,44,51)(H,54,55,56)(H,57,58,59)(H,60,61,62)(H,63,64,65)(H,66,67,68)(H,69,70,71)(H,72,73,74);;;;;;;/q;7*+1/p-7/b3-2+,48-45?,49-39-,50-40+;;;;;;;. The Balaban J connectivity index is 0.0000108. The second kappa shape index (κ2) is 33.0. The number of amides is 1. The van der Waals surface area contributed by atoms with E-state index < -0.39 is 196 Å². The minimum Gasteiger partial charge on any atom is -0.744 e. The molecular formula is C42H25N8Na7O24S7. The summed E-state index contributed by atoms with van der Waals surface area (Å²) in [6.45, 7) is 0.913. The molecule has 46 heteroatoms. The van der Waals surface area contributed by atoms with E-state index >= 15 is 0 Å². The van der Waals surface area contributed by atoms with Crippen LogP contribution in [-0.2, 0) is 75.6 Å². The normalized spacial score (nSPS) is 14.4. The molecule has 0 radical (unpaired) electrons. The van der Waals surface area contributed by atoms with E-state index in [2.05, 4.69) is 36.6 Å². The fraction of sp³-hybridized carbons (Fsp3) is 0.0238. The Morgan fingerprint density at radius 1 is 0.466 bits per heavy atom. The number of fused-ring (bicyclic) bond motifs is 2. The molecule has 32 nitrogen and oxygen atoms in total. The number of nitrogens with one attached hydrogen (secondary N) is 3. The summed E-state index contributed by atoms with van der Waals surface area (Å²) < 4.78 is 256. The first-order valence-corrected chi connectivity index (χ1v) is 30.8. The number of anilines is 4. The predicted octanol–water partition coefficient (Wildman–Crippen LogP) is -19.5. The van der Waals surface area contributed by atoms with Crippen molar-refractivity contribution in [3.05, 3.63) is 122 Å². The van der Waals surface area contributed by atoms with Gasteiger partial charge >= 0.3 is 207 Å². The maximum atomic E-state index is 13.9. The van der Waals surface area contributed by atoms with E-state index in [9.17, 15) is 105 Å². The number of hydrogen-bond donors (Lipinski definition) is 4. The van der Waals surface area contributed by atoms with Crippen LogP contribution in [-0.4, -0.2) is 120 Å². The van der Waals surface area contributed by atoms with Gasteiger partial charge in [-0.25, -0.2) is 58.9 Å². The number of allylic oxidation sites excluding steroid dienone is 2. The Morgan fingerprint density at radius 2 is 0.864 bits per heavy atom. The smallest absolute Gasteiger partial charge is 0.744 e. The molecule has 88 heavy (non-hydrogen) atoms. The van der Waals surface area contributed by atoms with Crippen molar-refractivity contribution in [3.63, 3.8) is 0 Å². The van der Waals surface area contributed by atoms with Crippen LogP contribution in [0.3, 0.4) is 0 Å². The number of nitrogens with two attached hydrogens (primary N) is 1. The molecule has 2 aliphatic rings. The van der Waals surface area contributed by atoms with Crippen molar-refractivity contribution in [2.75, 3.05) is 21.9 Å². The zero-order valence-electron chi connectivity index (χ0n) is 46.3. The number of rotatable bonds is 16. The van der Waals surface area contributed by atoms with Crippen molar-refractivity contribution in [1.29, 1.82) is 0 Å². The van der Waals surface area contributed by atoms with Crippen LogP contribution >= 0.6 is 0 Å². The molecule has 0 atom stereocenters. The summed E-state index contributed by atoms with van der Waals surface area (Å²) in [5, 5.41) is 16.5. The number of carbonyl (C=O) groups is 3. The summed E-state index contributed by atoms with van der Waals surface area (Å²) in [7, 11) is -38.5. The van der Waals surface area contributed by atoms with Crippen LogP contribution < -0.4 is 229 Å². The van der Waals surface area contributed by atoms with Gasteiger partial charge in [-0.1, -0.05) is 24.3 Å². The van der Waals surface area contributed by atoms with Gasteiger partial charge in [0, 0.05) is 6.92 Å². The van der Waals surface area contributed by atoms with E-state index in [0.717, 1.165) is 67.6 Å². The van der Waals surface area contributed by atoms with Crippen molar-refractivity contribution in [1.82, 2.24) is 0 Å². The zero-order valence-corrected chi connectivity index (χ0v) is 66.1. The Kier molecular flexibility index (Phi) is 32.6. The van der Waals surface area contributed by atoms with Crippen molar-refractivity contribution in [2.24, 2.45) is 20.4 Å². The van der Waals surface area contributed by atoms with E-state index in [1.54, 1.807) is 0 Å². The first kappa shape index (κ1) is 86.8. The minimum absolute atomic E-state index is 0. The number of Topliss-reactive ketones (excluding diaryl/α,β-unsaturated/α-hetero) is 2. The van der Waals surface area contributed by atoms with E-state index in [1.165, 1.54) is 0 Å². The molecule has 5 aromatic carbocycles. The molecule has 0 fully saturated rings. The minimum atomic E-state index is -5.78. The quantitative estimate of drug-likeness (QED) is 0.0178. The maximum Gasteiger partial charge on any atom is 1.00 e. The van der Waals surface area contributed by atoms with Crippen LogP contribution in [0.25, 0.3) is 24.3 Å². The number of benzene rings is 5. The number of nitrogens with zero attached hydrogens (tertiary/aromatic N) is 4. The molecule has 0 unspecified atom stereocenters. The third-order valence-corrected chi connectivity index (χ3v) is 16.8. The fourth-order valence-electron chi connectivity index (χ4n) is 7.38. The molecule has 7 rings (SSSR count). The van der Waals surface area contributed by atoms with Gasteiger partial charge in [-0.3, -0.25) is 25.2 Å². The molecule has 0 saturated heterocycles. The molecule has 0 saturated carbocycles. The van der Waals surface area contributed by atoms with Crippen LogP contribution in [0, 0.1) is 0 Å². The molecular weight excluding hydrogens is 1390 g/mol. The summed E-state index contributed by atoms with van der Waals surface area (Å²) >= 11 is 0. The third-order valence-electron chi connectivity index (χ3n) is 10.8. The molecule has 0 bridgehead atoms. The number of carbonyl (C=O) groups excluding carboxylic acids is 3. The summed E-state index contributed by atoms with van der Waals surface area (Å²) in [5.41, 5.74) is -0.267. The number of ketones is 2. The number of azo groups is 1. The van der Waals surface area contributed by atoms with E-state index in [0.29, 0.717) is 42.5 Å². The SMILES string of the molecule is CC(=O)Nc1cc(S(=O)(=O)[O-])cc2c1C(=O)/C(=N\Nc1ccc(/C=C/c3ccc(N/N=C4/C(=O)c5c(cc(S(=O)(=O)[O-])c(N=Nc6ccc(S(=O)(=O)[O-])cc6)c5N)C=C4S(=O)(=O)[O-])cc3S(=O)(=O)[O-])c(S(=O)(=O)[O-])c1)C(S(=O)(=O)[O-])=C2.[Na+].[Na+].[Na+].[Na+].[Na+].[Na+].[Na+]. The van der Waals surface area contributed by atoms with Crippen molar-refractivity contribution in [3.8, 4) is 0 Å². The molecule has 426 valence electrons. The molecule has 0 spiro atoms. The Bertz CT molecular complexity index is 4730. The Hall–Kier alpha value is -1.16. The van der Waals surface area contributed by atoms with Gasteiger partial charge in [0.1, 0.15) is 87.9 Å². The van der Waals surface area contributed by atoms with Gasteiger partial charge in [0.05, 0.1) is 73.9 Å². The van der Waals surface area contributed by atoms with Crippen LogP contribution in [0.1, 0.15) is 49.9 Å². The van der Waals surface area contributed by atoms with E-state index in [4.69, 9.17) is 5.73 Å². The van der Waals surface area contributed by atoms with Crippen LogP contribution in [0.15, 0.2) is 134 Å². The number of hydrazone groups is 2. The summed E-state index contributed by atoms with van der Waals surface area (Å²) in [5.74, 6) is -3.95. The Labute approximate surface area is 655 Å². The van der Waals surface area contributed by atoms with Gasteiger partial charge < -0.3 is 42.9 Å². The average molecular weight is 1410 g/mol. The van der Waals surface area contributed by atoms with Crippen molar-refractivity contribution >= 4 is 158 Å². The first-order valence-electron chi connectivity index (χ1n) is 21.0. The van der Waals surface area contributed by atoms with Crippen LogP contribution in [0.2, 0.25) is 0 Å². The second-order valence-electron chi connectivity index (χ2n) is 16.2. The average Bonchev–Trinajstić information content (AvgIpc) is 0.786. The largest absolute Gasteiger partial charge is 1.00 e. The molecule has 0 aliphatic heterocycles. The third kappa shape index (κ3) is 20.9. The van der Waals surface area contributed by atoms with Gasteiger partial charge in [-0.2, -0.15) is 15.3 Å². The van der Waals surface area contributed by atoms with Gasteiger partial charge in [0.15, 0.2) is 0 Å². The van der Waals surface area contributed by atoms with Gasteiger partial charge in [0.2, 0.25) is 17.5 Å². The predicted molar refractivity (Wildman–Crippen MR) is 270 cm³/mol. The first-order chi connectivity index (χ1) is 37.1. The number of nitrogen functional groups attached to an aromatic ring is 1. The summed E-state index contributed by atoms with van der Waals surface area (Å²) in [4.78, 5) is 31.3. The molecule has 1 amide bonds. The summed E-state index contributed by atoms with van der Waals surface area (Å²) in [6.07, 6.45) is 2.43. The molecule has 5 N–H and O–H groups in total. The molecule has 2 aliphatic carbocycles.